The summed E-state index contributed by atoms with van der Waals surface area (Å²) in [7, 11) is 0. The zero-order valence-corrected chi connectivity index (χ0v) is 14.4. The van der Waals surface area contributed by atoms with Crippen LogP contribution in [0, 0.1) is 6.92 Å². The molecule has 1 N–H and O–H groups in total. The maximum atomic E-state index is 11.3. The Hall–Kier alpha value is -2.50. The predicted octanol–water partition coefficient (Wildman–Crippen LogP) is 5.70. The van der Waals surface area contributed by atoms with Gasteiger partial charge in [0.25, 0.3) is 0 Å². The van der Waals surface area contributed by atoms with Crippen molar-refractivity contribution in [2.75, 3.05) is 0 Å². The first-order valence-corrected chi connectivity index (χ1v) is 9.06. The summed E-state index contributed by atoms with van der Waals surface area (Å²) in [5.41, 5.74) is 2.63. The zero-order chi connectivity index (χ0) is 16.7. The number of nitrogens with zero attached hydrogens (tertiary/aromatic N) is 1. The molecule has 118 valence electrons. The van der Waals surface area contributed by atoms with Crippen LogP contribution in [0.25, 0.3) is 31.1 Å². The van der Waals surface area contributed by atoms with Crippen molar-refractivity contribution in [2.24, 2.45) is 0 Å². The fraction of sp³-hybridized carbons (Fsp3) is 0.0526. The van der Waals surface area contributed by atoms with E-state index in [1.54, 1.807) is 18.3 Å². The normalized spacial score (nSPS) is 11.0. The molecule has 2 aromatic heterocycles. The number of aryl methyl sites for hydroxylation is 1. The van der Waals surface area contributed by atoms with Gasteiger partial charge < -0.3 is 5.11 Å². The lowest BCUT2D eigenvalue weighted by molar-refractivity contribution is 0.0701. The van der Waals surface area contributed by atoms with E-state index in [4.69, 9.17) is 0 Å². The third-order valence-corrected chi connectivity index (χ3v) is 6.17. The number of benzene rings is 2. The van der Waals surface area contributed by atoms with Crippen molar-refractivity contribution >= 4 is 38.7 Å². The Bertz CT molecular complexity index is 1030. The smallest absolute Gasteiger partial charge is 0.347 e. The number of thiazole rings is 1. The highest BCUT2D eigenvalue weighted by Crippen LogP contribution is 2.40. The monoisotopic (exact) mass is 351 g/mol. The van der Waals surface area contributed by atoms with Crippen molar-refractivity contribution in [1.29, 1.82) is 0 Å². The molecule has 0 aliphatic heterocycles. The molecule has 0 fully saturated rings. The van der Waals surface area contributed by atoms with Gasteiger partial charge in [-0.1, -0.05) is 42.5 Å². The van der Waals surface area contributed by atoms with Crippen molar-refractivity contribution < 1.29 is 9.90 Å². The van der Waals surface area contributed by atoms with Gasteiger partial charge in [0.05, 0.1) is 5.69 Å². The van der Waals surface area contributed by atoms with Gasteiger partial charge in [-0.2, -0.15) is 0 Å². The van der Waals surface area contributed by atoms with Gasteiger partial charge in [0.1, 0.15) is 9.88 Å². The van der Waals surface area contributed by atoms with Crippen LogP contribution in [0.2, 0.25) is 0 Å². The van der Waals surface area contributed by atoms with E-state index < -0.39 is 5.97 Å². The quantitative estimate of drug-likeness (QED) is 0.515. The molecule has 0 radical (unpaired) electrons. The molecule has 0 unspecified atom stereocenters. The second-order valence-corrected chi connectivity index (χ2v) is 7.52. The van der Waals surface area contributed by atoms with Gasteiger partial charge in [0.2, 0.25) is 0 Å². The summed E-state index contributed by atoms with van der Waals surface area (Å²) < 4.78 is 1.24. The van der Waals surface area contributed by atoms with Gasteiger partial charge in [0.15, 0.2) is 0 Å². The fourth-order valence-corrected chi connectivity index (χ4v) is 4.76. The summed E-state index contributed by atoms with van der Waals surface area (Å²) >= 11 is 2.97. The predicted molar refractivity (Wildman–Crippen MR) is 100 cm³/mol. The third kappa shape index (κ3) is 2.52. The lowest BCUT2D eigenvalue weighted by atomic mass is 10.1. The maximum Gasteiger partial charge on any atom is 0.347 e. The number of carboxylic acid groups (broad SMARTS) is 1. The van der Waals surface area contributed by atoms with Crippen LogP contribution in [0.3, 0.4) is 0 Å². The maximum absolute atomic E-state index is 11.3. The van der Waals surface area contributed by atoms with Gasteiger partial charge in [-0.25, -0.2) is 9.78 Å². The fourth-order valence-electron chi connectivity index (χ4n) is 2.71. The summed E-state index contributed by atoms with van der Waals surface area (Å²) in [4.78, 5) is 17.3. The molecule has 24 heavy (non-hydrogen) atoms. The van der Waals surface area contributed by atoms with Crippen molar-refractivity contribution in [2.45, 2.75) is 6.92 Å². The average molecular weight is 351 g/mol. The Labute approximate surface area is 146 Å². The van der Waals surface area contributed by atoms with E-state index in [0.717, 1.165) is 21.0 Å². The van der Waals surface area contributed by atoms with Crippen LogP contribution in [-0.2, 0) is 0 Å². The van der Waals surface area contributed by atoms with E-state index in [2.05, 4.69) is 29.2 Å². The van der Waals surface area contributed by atoms with E-state index in [1.165, 1.54) is 21.4 Å². The number of carbonyl (C=O) groups is 1. The second-order valence-electron chi connectivity index (χ2n) is 5.43. The molecule has 3 nitrogen and oxygen atoms in total. The van der Waals surface area contributed by atoms with Gasteiger partial charge in [-0.05, 0) is 24.4 Å². The first-order chi connectivity index (χ1) is 11.6. The molecule has 4 aromatic rings. The number of hydrogen-bond donors (Lipinski definition) is 1. The van der Waals surface area contributed by atoms with Gasteiger partial charge in [0, 0.05) is 20.7 Å². The second kappa shape index (κ2) is 5.85. The van der Waals surface area contributed by atoms with Crippen molar-refractivity contribution in [1.82, 2.24) is 4.98 Å². The van der Waals surface area contributed by atoms with Crippen LogP contribution in [0.4, 0.5) is 0 Å². The number of carboxylic acids is 1. The van der Waals surface area contributed by atoms with Crippen molar-refractivity contribution in [3.8, 4) is 21.0 Å². The third-order valence-electron chi connectivity index (χ3n) is 3.84. The number of fused-ring (bicyclic) bond motifs is 1. The molecule has 0 spiro atoms. The van der Waals surface area contributed by atoms with E-state index in [0.29, 0.717) is 10.6 Å². The average Bonchev–Trinajstić information content (AvgIpc) is 3.18. The molecular formula is C19H13NO2S2. The Morgan fingerprint density at radius 2 is 1.71 bits per heavy atom. The summed E-state index contributed by atoms with van der Waals surface area (Å²) in [6.07, 6.45) is 0. The highest BCUT2D eigenvalue weighted by Gasteiger charge is 2.18. The van der Waals surface area contributed by atoms with Crippen LogP contribution >= 0.6 is 22.7 Å². The van der Waals surface area contributed by atoms with Crippen LogP contribution < -0.4 is 0 Å². The van der Waals surface area contributed by atoms with Crippen LogP contribution in [0.5, 0.6) is 0 Å². The number of hydrogen-bond acceptors (Lipinski definition) is 4. The molecule has 0 saturated carbocycles. The number of aromatic nitrogens is 1. The Balaban J connectivity index is 1.89. The van der Waals surface area contributed by atoms with Gasteiger partial charge in [-0.3, -0.25) is 0 Å². The molecule has 0 aliphatic carbocycles. The van der Waals surface area contributed by atoms with E-state index >= 15 is 0 Å². The topological polar surface area (TPSA) is 50.2 Å². The van der Waals surface area contributed by atoms with Crippen molar-refractivity contribution in [3.05, 3.63) is 65.2 Å². The van der Waals surface area contributed by atoms with Gasteiger partial charge in [-0.15, -0.1) is 22.7 Å². The summed E-state index contributed by atoms with van der Waals surface area (Å²) in [6.45, 7) is 1.74. The van der Waals surface area contributed by atoms with E-state index in [-0.39, 0.29) is 0 Å². The highest BCUT2D eigenvalue weighted by molar-refractivity contribution is 7.22. The number of aromatic carboxylic acids is 1. The van der Waals surface area contributed by atoms with Crippen LogP contribution in [0.1, 0.15) is 15.4 Å². The summed E-state index contributed by atoms with van der Waals surface area (Å²) in [5.74, 6) is -0.921. The molecule has 0 atom stereocenters. The molecule has 0 bridgehead atoms. The molecule has 2 heterocycles. The Morgan fingerprint density at radius 1 is 1.00 bits per heavy atom. The SMILES string of the molecule is Cc1nc(-c2ccccc2-c2cc3ccccc3s2)sc1C(=O)O. The highest BCUT2D eigenvalue weighted by atomic mass is 32.1. The lowest BCUT2D eigenvalue weighted by Gasteiger charge is -2.04. The summed E-state index contributed by atoms with van der Waals surface area (Å²) in [6, 6.07) is 18.5. The molecule has 5 heteroatoms. The largest absolute Gasteiger partial charge is 0.477 e. The van der Waals surface area contributed by atoms with E-state index in [9.17, 15) is 9.90 Å². The van der Waals surface area contributed by atoms with Crippen LogP contribution in [-0.4, -0.2) is 16.1 Å². The zero-order valence-electron chi connectivity index (χ0n) is 12.8. The minimum Gasteiger partial charge on any atom is -0.477 e. The lowest BCUT2D eigenvalue weighted by Crippen LogP contribution is -1.94. The number of rotatable bonds is 3. The van der Waals surface area contributed by atoms with Gasteiger partial charge >= 0.3 is 5.97 Å². The summed E-state index contributed by atoms with van der Waals surface area (Å²) in [5, 5.41) is 11.2. The van der Waals surface area contributed by atoms with E-state index in [1.807, 2.05) is 30.3 Å². The number of thiophene rings is 1. The Morgan fingerprint density at radius 3 is 2.42 bits per heavy atom. The van der Waals surface area contributed by atoms with Crippen LogP contribution in [0.15, 0.2) is 54.6 Å². The Kier molecular flexibility index (Phi) is 3.67. The standard InChI is InChI=1S/C19H13NO2S2/c1-11-17(19(21)22)24-18(20-11)14-8-4-3-7-13(14)16-10-12-6-2-5-9-15(12)23-16/h2-10H,1H3,(H,21,22). The molecular weight excluding hydrogens is 338 g/mol. The molecule has 0 saturated heterocycles. The first-order valence-electron chi connectivity index (χ1n) is 7.42. The molecule has 0 amide bonds. The minimum atomic E-state index is -0.921. The van der Waals surface area contributed by atoms with Crippen molar-refractivity contribution in [3.63, 3.8) is 0 Å². The minimum absolute atomic E-state index is 0.302. The molecule has 4 rings (SSSR count). The molecule has 0 aliphatic rings. The molecule has 2 aromatic carbocycles. The first kappa shape index (κ1) is 15.1.